The van der Waals surface area contributed by atoms with Gasteiger partial charge in [-0.15, -0.1) is 0 Å². The fourth-order valence-electron chi connectivity index (χ4n) is 2.41. The minimum absolute atomic E-state index is 0.0335. The van der Waals surface area contributed by atoms with Crippen molar-refractivity contribution in [1.82, 2.24) is 4.90 Å². The van der Waals surface area contributed by atoms with Gasteiger partial charge in [-0.25, -0.2) is 8.42 Å². The zero-order valence-electron chi connectivity index (χ0n) is 12.2. The van der Waals surface area contributed by atoms with E-state index in [1.807, 2.05) is 0 Å². The third-order valence-corrected chi connectivity index (χ3v) is 5.27. The predicted octanol–water partition coefficient (Wildman–Crippen LogP) is 1.12. The third-order valence-electron chi connectivity index (χ3n) is 3.57. The van der Waals surface area contributed by atoms with Gasteiger partial charge in [0.2, 0.25) is 5.91 Å². The van der Waals surface area contributed by atoms with Crippen LogP contribution in [0.3, 0.4) is 0 Å². The number of hydrogen-bond acceptors (Lipinski definition) is 4. The van der Waals surface area contributed by atoms with Gasteiger partial charge < -0.3 is 10.6 Å². The van der Waals surface area contributed by atoms with Gasteiger partial charge in [0.25, 0.3) is 0 Å². The summed E-state index contributed by atoms with van der Waals surface area (Å²) in [6.07, 6.45) is -3.99. The summed E-state index contributed by atoms with van der Waals surface area (Å²) >= 11 is 0. The monoisotopic (exact) mass is 350 g/mol. The number of nitrogens with two attached hydrogens (primary N) is 1. The summed E-state index contributed by atoms with van der Waals surface area (Å²) in [5.74, 6) is -2.03. The standard InChI is InChI=1S/C14H17F3N2O3S/c15-14(16,17)9-23(21,22)12-3-1-10(2-4-12)7-13(20)19-6-5-11(18)8-19/h1-4,11H,5-9,18H2/t11-/m1/s1. The second-order valence-electron chi connectivity index (χ2n) is 5.58. The van der Waals surface area contributed by atoms with Crippen LogP contribution in [0.1, 0.15) is 12.0 Å². The number of sulfone groups is 1. The van der Waals surface area contributed by atoms with Crippen molar-refractivity contribution in [2.45, 2.75) is 30.0 Å². The molecule has 0 saturated carbocycles. The highest BCUT2D eigenvalue weighted by Crippen LogP contribution is 2.23. The van der Waals surface area contributed by atoms with Crippen molar-refractivity contribution in [1.29, 1.82) is 0 Å². The number of carbonyl (C=O) groups is 1. The average Bonchev–Trinajstić information content (AvgIpc) is 2.83. The number of carbonyl (C=O) groups excluding carboxylic acids is 1. The van der Waals surface area contributed by atoms with E-state index in [4.69, 9.17) is 5.73 Å². The van der Waals surface area contributed by atoms with Crippen molar-refractivity contribution in [2.75, 3.05) is 18.8 Å². The van der Waals surface area contributed by atoms with E-state index in [0.29, 0.717) is 18.7 Å². The number of likely N-dealkylation sites (tertiary alicyclic amines) is 1. The maximum Gasteiger partial charge on any atom is 0.403 e. The molecule has 1 saturated heterocycles. The van der Waals surface area contributed by atoms with E-state index >= 15 is 0 Å². The fourth-order valence-corrected chi connectivity index (χ4v) is 3.56. The summed E-state index contributed by atoms with van der Waals surface area (Å²) in [7, 11) is -4.42. The van der Waals surface area contributed by atoms with Gasteiger partial charge in [0, 0.05) is 19.1 Å². The molecule has 1 aliphatic rings. The Balaban J connectivity index is 2.03. The molecule has 1 amide bonds. The predicted molar refractivity (Wildman–Crippen MR) is 77.4 cm³/mol. The molecule has 0 spiro atoms. The average molecular weight is 350 g/mol. The van der Waals surface area contributed by atoms with Crippen molar-refractivity contribution in [3.8, 4) is 0 Å². The minimum atomic E-state index is -4.79. The maximum atomic E-state index is 12.3. The van der Waals surface area contributed by atoms with E-state index < -0.39 is 26.7 Å². The van der Waals surface area contributed by atoms with Gasteiger partial charge in [-0.3, -0.25) is 4.79 Å². The van der Waals surface area contributed by atoms with E-state index in [0.717, 1.165) is 18.6 Å². The minimum Gasteiger partial charge on any atom is -0.341 e. The second-order valence-corrected chi connectivity index (χ2v) is 7.57. The summed E-state index contributed by atoms with van der Waals surface area (Å²) in [6, 6.07) is 4.88. The van der Waals surface area contributed by atoms with Crippen LogP contribution in [-0.2, 0) is 21.1 Å². The van der Waals surface area contributed by atoms with Crippen LogP contribution in [0.5, 0.6) is 0 Å². The Kier molecular flexibility index (Phi) is 5.00. The maximum absolute atomic E-state index is 12.3. The van der Waals surface area contributed by atoms with Crippen LogP contribution in [0, 0.1) is 0 Å². The number of nitrogens with zero attached hydrogens (tertiary/aromatic N) is 1. The molecule has 0 bridgehead atoms. The molecule has 5 nitrogen and oxygen atoms in total. The first-order chi connectivity index (χ1) is 10.6. The summed E-state index contributed by atoms with van der Waals surface area (Å²) < 4.78 is 60.0. The van der Waals surface area contributed by atoms with Crippen LogP contribution in [-0.4, -0.2) is 50.3 Å². The largest absolute Gasteiger partial charge is 0.403 e. The molecule has 128 valence electrons. The highest BCUT2D eigenvalue weighted by Gasteiger charge is 2.35. The molecule has 0 aromatic heterocycles. The Bertz CT molecular complexity index is 672. The number of alkyl halides is 3. The highest BCUT2D eigenvalue weighted by molar-refractivity contribution is 7.91. The lowest BCUT2D eigenvalue weighted by atomic mass is 10.1. The van der Waals surface area contributed by atoms with E-state index in [9.17, 15) is 26.4 Å². The second kappa shape index (κ2) is 6.48. The lowest BCUT2D eigenvalue weighted by Gasteiger charge is -2.15. The Hall–Kier alpha value is -1.61. The highest BCUT2D eigenvalue weighted by atomic mass is 32.2. The van der Waals surface area contributed by atoms with Gasteiger partial charge in [0.1, 0.15) is 0 Å². The van der Waals surface area contributed by atoms with Crippen LogP contribution >= 0.6 is 0 Å². The van der Waals surface area contributed by atoms with Crippen LogP contribution in [0.15, 0.2) is 29.2 Å². The molecule has 1 aliphatic heterocycles. The first kappa shape index (κ1) is 17.7. The molecule has 9 heteroatoms. The number of hydrogen-bond donors (Lipinski definition) is 1. The van der Waals surface area contributed by atoms with Gasteiger partial charge >= 0.3 is 6.18 Å². The SMILES string of the molecule is N[C@@H]1CCN(C(=O)Cc2ccc(S(=O)(=O)CC(F)(F)F)cc2)C1. The molecular weight excluding hydrogens is 333 g/mol. The number of amides is 1. The zero-order chi connectivity index (χ0) is 17.3. The van der Waals surface area contributed by atoms with Gasteiger partial charge in [0.05, 0.1) is 11.3 Å². The Morgan fingerprint density at radius 2 is 1.87 bits per heavy atom. The van der Waals surface area contributed by atoms with Crippen LogP contribution in [0.2, 0.25) is 0 Å². The normalized spacial score (nSPS) is 19.1. The number of benzene rings is 1. The first-order valence-electron chi connectivity index (χ1n) is 6.99. The molecule has 0 unspecified atom stereocenters. The third kappa shape index (κ3) is 4.93. The molecule has 1 aromatic carbocycles. The van der Waals surface area contributed by atoms with Crippen LogP contribution < -0.4 is 5.73 Å². The van der Waals surface area contributed by atoms with Gasteiger partial charge in [-0.1, -0.05) is 12.1 Å². The van der Waals surface area contributed by atoms with E-state index in [1.54, 1.807) is 4.90 Å². The Morgan fingerprint density at radius 1 is 1.26 bits per heavy atom. The molecule has 1 heterocycles. The Morgan fingerprint density at radius 3 is 2.35 bits per heavy atom. The number of rotatable bonds is 4. The summed E-state index contributed by atoms with van der Waals surface area (Å²) in [5.41, 5.74) is 6.26. The molecule has 0 radical (unpaired) electrons. The molecule has 1 aromatic rings. The smallest absolute Gasteiger partial charge is 0.341 e. The molecule has 0 aliphatic carbocycles. The van der Waals surface area contributed by atoms with Crippen LogP contribution in [0.25, 0.3) is 0 Å². The molecule has 2 N–H and O–H groups in total. The van der Waals surface area contributed by atoms with Crippen LogP contribution in [0.4, 0.5) is 13.2 Å². The lowest BCUT2D eigenvalue weighted by molar-refractivity contribution is -0.129. The zero-order valence-corrected chi connectivity index (χ0v) is 13.0. The molecular formula is C14H17F3N2O3S. The molecule has 1 fully saturated rings. The van der Waals surface area contributed by atoms with Crippen molar-refractivity contribution >= 4 is 15.7 Å². The topological polar surface area (TPSA) is 80.5 Å². The van der Waals surface area contributed by atoms with Gasteiger partial charge in [0.15, 0.2) is 15.6 Å². The van der Waals surface area contributed by atoms with E-state index in [1.165, 1.54) is 12.1 Å². The lowest BCUT2D eigenvalue weighted by Crippen LogP contribution is -2.32. The van der Waals surface area contributed by atoms with E-state index in [2.05, 4.69) is 0 Å². The molecule has 1 atom stereocenters. The Labute approximate surface area is 132 Å². The van der Waals surface area contributed by atoms with Crippen molar-refractivity contribution in [2.24, 2.45) is 5.73 Å². The van der Waals surface area contributed by atoms with Gasteiger partial charge in [-0.2, -0.15) is 13.2 Å². The van der Waals surface area contributed by atoms with Crippen molar-refractivity contribution in [3.05, 3.63) is 29.8 Å². The number of halogens is 3. The summed E-state index contributed by atoms with van der Waals surface area (Å²) in [4.78, 5) is 13.2. The first-order valence-corrected chi connectivity index (χ1v) is 8.64. The van der Waals surface area contributed by atoms with Gasteiger partial charge in [-0.05, 0) is 24.1 Å². The van der Waals surface area contributed by atoms with Crippen molar-refractivity contribution < 1.29 is 26.4 Å². The quantitative estimate of drug-likeness (QED) is 0.883. The van der Waals surface area contributed by atoms with Crippen molar-refractivity contribution in [3.63, 3.8) is 0 Å². The molecule has 23 heavy (non-hydrogen) atoms. The molecule has 2 rings (SSSR count). The summed E-state index contributed by atoms with van der Waals surface area (Å²) in [5, 5.41) is 0. The van der Waals surface area contributed by atoms with E-state index in [-0.39, 0.29) is 18.4 Å². The fraction of sp³-hybridized carbons (Fsp3) is 0.500. The summed E-state index contributed by atoms with van der Waals surface area (Å²) in [6.45, 7) is 1.06.